The van der Waals surface area contributed by atoms with Gasteiger partial charge in [0.15, 0.2) is 0 Å². The first-order chi connectivity index (χ1) is 12.0. The van der Waals surface area contributed by atoms with Gasteiger partial charge in [-0.25, -0.2) is 9.59 Å². The number of rotatable bonds is 3. The van der Waals surface area contributed by atoms with E-state index < -0.39 is 24.1 Å². The summed E-state index contributed by atoms with van der Waals surface area (Å²) in [4.78, 5) is 44.3. The summed E-state index contributed by atoms with van der Waals surface area (Å²) in [6.45, 7) is 0.225. The smallest absolute Gasteiger partial charge is 0.490 e. The van der Waals surface area contributed by atoms with Gasteiger partial charge in [-0.2, -0.15) is 13.2 Å². The Morgan fingerprint density at radius 2 is 1.88 bits per heavy atom. The number of aliphatic carboxylic acids is 1. The van der Waals surface area contributed by atoms with Crippen molar-refractivity contribution in [1.29, 1.82) is 0 Å². The number of anilines is 1. The van der Waals surface area contributed by atoms with E-state index >= 15 is 0 Å². The second-order valence-corrected chi connectivity index (χ2v) is 4.81. The fourth-order valence-electron chi connectivity index (χ4n) is 1.85. The first-order valence-corrected chi connectivity index (χ1v) is 6.86. The molecule has 1 fully saturated rings. The van der Waals surface area contributed by atoms with Crippen LogP contribution in [0.15, 0.2) is 18.2 Å². The largest absolute Gasteiger partial charge is 0.495 e. The number of hydrogen-bond acceptors (Lipinski definition) is 5. The summed E-state index contributed by atoms with van der Waals surface area (Å²) in [5.41, 5.74) is 5.88. The first-order valence-electron chi connectivity index (χ1n) is 6.86. The van der Waals surface area contributed by atoms with Gasteiger partial charge in [-0.05, 0) is 18.2 Å². The number of nitrogens with two attached hydrogens (primary N) is 1. The fraction of sp³-hybridized carbons (Fsp3) is 0.286. The summed E-state index contributed by atoms with van der Waals surface area (Å²) in [6, 6.07) is 3.99. The summed E-state index contributed by atoms with van der Waals surface area (Å²) in [5, 5.41) is 9.33. The third-order valence-electron chi connectivity index (χ3n) is 3.05. The monoisotopic (exact) mass is 377 g/mol. The molecule has 1 aliphatic rings. The van der Waals surface area contributed by atoms with Gasteiger partial charge in [0.25, 0.3) is 0 Å². The predicted octanol–water partition coefficient (Wildman–Crippen LogP) is 0.874. The Bertz CT molecular complexity index is 735. The second-order valence-electron chi connectivity index (χ2n) is 4.81. The predicted molar refractivity (Wildman–Crippen MR) is 80.7 cm³/mol. The maximum atomic E-state index is 11.8. The van der Waals surface area contributed by atoms with Crippen LogP contribution in [0.2, 0.25) is 0 Å². The molecule has 0 atom stereocenters. The number of urea groups is 1. The van der Waals surface area contributed by atoms with E-state index in [4.69, 9.17) is 20.4 Å². The van der Waals surface area contributed by atoms with E-state index in [0.29, 0.717) is 11.4 Å². The van der Waals surface area contributed by atoms with Gasteiger partial charge < -0.3 is 15.6 Å². The summed E-state index contributed by atoms with van der Waals surface area (Å²) in [5.74, 6) is -3.26. The van der Waals surface area contributed by atoms with Crippen LogP contribution in [0, 0.1) is 0 Å². The number of carboxylic acids is 1. The van der Waals surface area contributed by atoms with Gasteiger partial charge in [0, 0.05) is 18.5 Å². The zero-order valence-electron chi connectivity index (χ0n) is 13.3. The van der Waals surface area contributed by atoms with Gasteiger partial charge in [0.2, 0.25) is 11.8 Å². The molecule has 0 aromatic heterocycles. The lowest BCUT2D eigenvalue weighted by molar-refractivity contribution is -0.192. The van der Waals surface area contributed by atoms with Gasteiger partial charge in [0.1, 0.15) is 5.75 Å². The number of carboxylic acid groups (broad SMARTS) is 1. The highest BCUT2D eigenvalue weighted by Crippen LogP contribution is 2.30. The molecule has 142 valence electrons. The molecule has 26 heavy (non-hydrogen) atoms. The molecule has 0 unspecified atom stereocenters. The number of methoxy groups -OCH3 is 1. The van der Waals surface area contributed by atoms with Gasteiger partial charge in [-0.1, -0.05) is 0 Å². The highest BCUT2D eigenvalue weighted by atomic mass is 19.4. The zero-order chi connectivity index (χ0) is 20.1. The number of ether oxygens (including phenoxy) is 1. The van der Waals surface area contributed by atoms with E-state index in [2.05, 4.69) is 5.32 Å². The number of benzene rings is 1. The van der Waals surface area contributed by atoms with Crippen LogP contribution in [0.1, 0.15) is 16.8 Å². The topological polar surface area (TPSA) is 139 Å². The highest BCUT2D eigenvalue weighted by molar-refractivity contribution is 6.07. The summed E-state index contributed by atoms with van der Waals surface area (Å²) in [7, 11) is 1.45. The number of hydrogen-bond donors (Lipinski definition) is 3. The molecular formula is C14H14F3N3O6. The van der Waals surface area contributed by atoms with Crippen molar-refractivity contribution in [3.05, 3.63) is 23.8 Å². The number of amides is 4. The van der Waals surface area contributed by atoms with Gasteiger partial charge >= 0.3 is 18.2 Å². The fourth-order valence-corrected chi connectivity index (χ4v) is 1.85. The summed E-state index contributed by atoms with van der Waals surface area (Å²) >= 11 is 0. The Labute approximate surface area is 144 Å². The number of primary amides is 1. The van der Waals surface area contributed by atoms with Crippen LogP contribution in [-0.2, 0) is 9.59 Å². The SMILES string of the molecule is COc1ccc(C(N)=O)cc1N1CCC(=O)NC1=O.O=C(O)C(F)(F)F. The van der Waals surface area contributed by atoms with E-state index in [1.165, 1.54) is 24.1 Å². The molecular weight excluding hydrogens is 363 g/mol. The first kappa shape index (κ1) is 20.7. The van der Waals surface area contributed by atoms with Crippen LogP contribution in [0.5, 0.6) is 5.75 Å². The van der Waals surface area contributed by atoms with E-state index in [1.807, 2.05) is 0 Å². The molecule has 1 heterocycles. The third kappa shape index (κ3) is 5.36. The second kappa shape index (κ2) is 8.18. The minimum Gasteiger partial charge on any atom is -0.495 e. The molecule has 0 spiro atoms. The van der Waals surface area contributed by atoms with E-state index in [0.717, 1.165) is 0 Å². The average molecular weight is 377 g/mol. The van der Waals surface area contributed by atoms with Crippen molar-refractivity contribution in [2.75, 3.05) is 18.6 Å². The number of halogens is 3. The molecule has 1 aromatic carbocycles. The van der Waals surface area contributed by atoms with Gasteiger partial charge in [0.05, 0.1) is 12.8 Å². The van der Waals surface area contributed by atoms with Crippen LogP contribution in [-0.4, -0.2) is 48.8 Å². The van der Waals surface area contributed by atoms with Crippen molar-refractivity contribution < 1.29 is 42.2 Å². The minimum atomic E-state index is -5.08. The van der Waals surface area contributed by atoms with Gasteiger partial charge in [-0.15, -0.1) is 0 Å². The van der Waals surface area contributed by atoms with Crippen molar-refractivity contribution in [2.24, 2.45) is 5.73 Å². The maximum absolute atomic E-state index is 11.8. The van der Waals surface area contributed by atoms with Crippen LogP contribution < -0.4 is 20.7 Å². The Morgan fingerprint density at radius 1 is 1.31 bits per heavy atom. The Hall–Kier alpha value is -3.31. The number of carbonyl (C=O) groups is 4. The number of nitrogens with zero attached hydrogens (tertiary/aromatic N) is 1. The zero-order valence-corrected chi connectivity index (χ0v) is 13.3. The summed E-state index contributed by atoms with van der Waals surface area (Å²) in [6.07, 6.45) is -4.89. The lowest BCUT2D eigenvalue weighted by Crippen LogP contribution is -2.49. The van der Waals surface area contributed by atoms with Crippen molar-refractivity contribution in [3.8, 4) is 5.75 Å². The number of carbonyl (C=O) groups excluding carboxylic acids is 3. The third-order valence-corrected chi connectivity index (χ3v) is 3.05. The van der Waals surface area contributed by atoms with Crippen LogP contribution in [0.3, 0.4) is 0 Å². The number of alkyl halides is 3. The molecule has 9 nitrogen and oxygen atoms in total. The molecule has 1 saturated heterocycles. The standard InChI is InChI=1S/C12H13N3O4.C2HF3O2/c1-19-9-3-2-7(11(13)17)6-8(9)15-5-4-10(16)14-12(15)18;3-2(4,5)1(6)7/h2-3,6H,4-5H2,1H3,(H2,13,17)(H,14,16,18);(H,6,7). The number of imide groups is 1. The average Bonchev–Trinajstić information content (AvgIpc) is 2.54. The molecule has 0 saturated carbocycles. The van der Waals surface area contributed by atoms with Crippen LogP contribution >= 0.6 is 0 Å². The minimum absolute atomic E-state index is 0.190. The lowest BCUT2D eigenvalue weighted by Gasteiger charge is -2.28. The molecule has 0 aliphatic carbocycles. The van der Waals surface area contributed by atoms with Gasteiger partial charge in [-0.3, -0.25) is 19.8 Å². The van der Waals surface area contributed by atoms with E-state index in [-0.39, 0.29) is 24.4 Å². The molecule has 12 heteroatoms. The molecule has 0 bridgehead atoms. The lowest BCUT2D eigenvalue weighted by atomic mass is 10.1. The van der Waals surface area contributed by atoms with E-state index in [1.54, 1.807) is 6.07 Å². The van der Waals surface area contributed by atoms with Crippen molar-refractivity contribution >= 4 is 29.5 Å². The van der Waals surface area contributed by atoms with Crippen LogP contribution in [0.4, 0.5) is 23.7 Å². The quantitative estimate of drug-likeness (QED) is 0.714. The molecule has 2 rings (SSSR count). The van der Waals surface area contributed by atoms with E-state index in [9.17, 15) is 27.6 Å². The van der Waals surface area contributed by atoms with Crippen molar-refractivity contribution in [2.45, 2.75) is 12.6 Å². The van der Waals surface area contributed by atoms with Crippen molar-refractivity contribution in [1.82, 2.24) is 5.32 Å². The normalized spacial score (nSPS) is 14.1. The maximum Gasteiger partial charge on any atom is 0.490 e. The molecule has 1 aromatic rings. The Kier molecular flexibility index (Phi) is 6.52. The molecule has 4 amide bonds. The summed E-state index contributed by atoms with van der Waals surface area (Å²) < 4.78 is 36.9. The van der Waals surface area contributed by atoms with Crippen molar-refractivity contribution in [3.63, 3.8) is 0 Å². The number of nitrogens with one attached hydrogen (secondary N) is 1. The Morgan fingerprint density at radius 3 is 2.31 bits per heavy atom. The van der Waals surface area contributed by atoms with Crippen LogP contribution in [0.25, 0.3) is 0 Å². The molecule has 4 N–H and O–H groups in total. The molecule has 0 radical (unpaired) electrons. The molecule has 1 aliphatic heterocycles. The highest BCUT2D eigenvalue weighted by Gasteiger charge is 2.38. The Balaban J connectivity index is 0.000000412.